The van der Waals surface area contributed by atoms with Crippen LogP contribution in [0.2, 0.25) is 10.0 Å². The number of rotatable bonds is 11. The van der Waals surface area contributed by atoms with Gasteiger partial charge < -0.3 is 14.5 Å². The second-order valence-corrected chi connectivity index (χ2v) is 10.4. The number of unbranched alkanes of at least 4 members (excludes halogenated alkanes) is 2. The number of benzene rings is 2. The molecule has 0 saturated carbocycles. The molecular weight excluding hydrogens is 505 g/mol. The van der Waals surface area contributed by atoms with Gasteiger partial charge in [-0.25, -0.2) is 0 Å². The molecule has 2 aliphatic heterocycles. The molecule has 35 heavy (non-hydrogen) atoms. The summed E-state index contributed by atoms with van der Waals surface area (Å²) >= 11 is 18.4. The third-order valence-electron chi connectivity index (χ3n) is 6.80. The average molecular weight is 539 g/mol. The highest BCUT2D eigenvalue weighted by Gasteiger charge is 2.24. The summed E-state index contributed by atoms with van der Waals surface area (Å²) in [5, 5.41) is 1.25. The number of alkyl halides is 1. The third kappa shape index (κ3) is 6.97. The van der Waals surface area contributed by atoms with E-state index in [0.29, 0.717) is 29.0 Å². The van der Waals surface area contributed by atoms with Crippen LogP contribution in [0, 0.1) is 0 Å². The number of hydrogen-bond donors (Lipinski definition) is 0. The molecule has 5 nitrogen and oxygen atoms in total. The number of aryl methyl sites for hydroxylation is 1. The molecule has 0 radical (unpaired) electrons. The lowest BCUT2D eigenvalue weighted by molar-refractivity contribution is -0.118. The fraction of sp³-hybridized carbons (Fsp3) is 0.519. The maximum absolute atomic E-state index is 12.5. The van der Waals surface area contributed by atoms with Crippen molar-refractivity contribution in [1.82, 2.24) is 4.90 Å². The van der Waals surface area contributed by atoms with Gasteiger partial charge in [0.15, 0.2) is 0 Å². The van der Waals surface area contributed by atoms with Crippen LogP contribution in [0.1, 0.15) is 37.7 Å². The zero-order valence-electron chi connectivity index (χ0n) is 20.2. The number of fused-ring (bicyclic) bond motifs is 1. The summed E-state index contributed by atoms with van der Waals surface area (Å²) in [5.74, 6) is 1.67. The number of carbonyl (C=O) groups excluding carboxylic acids is 1. The standard InChI is InChI=1S/C27H34Cl3N3O2/c28-12-1-2-14-33-25-20-22(10-8-21(25)9-11-26(33)34)35-19-4-3-13-31-15-17-32(18-16-31)24-7-5-6-23(29)27(24)30/h5-8,10,20H,1-4,9,11-19H2. The lowest BCUT2D eigenvalue weighted by Crippen LogP contribution is -2.46. The van der Waals surface area contributed by atoms with Gasteiger partial charge in [-0.1, -0.05) is 35.3 Å². The topological polar surface area (TPSA) is 36.0 Å². The van der Waals surface area contributed by atoms with Crippen molar-refractivity contribution in [1.29, 1.82) is 0 Å². The summed E-state index contributed by atoms with van der Waals surface area (Å²) in [6.07, 6.45) is 5.30. The van der Waals surface area contributed by atoms with Crippen LogP contribution in [0.3, 0.4) is 0 Å². The van der Waals surface area contributed by atoms with E-state index in [2.05, 4.69) is 15.9 Å². The highest BCUT2D eigenvalue weighted by molar-refractivity contribution is 6.43. The Balaban J connectivity index is 1.19. The summed E-state index contributed by atoms with van der Waals surface area (Å²) < 4.78 is 6.06. The first-order valence-electron chi connectivity index (χ1n) is 12.6. The SMILES string of the molecule is O=C1CCc2ccc(OCCCCN3CCN(c4cccc(Cl)c4Cl)CC3)cc2N1CCCCCl. The predicted molar refractivity (Wildman–Crippen MR) is 147 cm³/mol. The number of anilines is 2. The fourth-order valence-electron chi connectivity index (χ4n) is 4.79. The molecule has 0 spiro atoms. The number of amides is 1. The Kier molecular flexibility index (Phi) is 9.84. The van der Waals surface area contributed by atoms with Crippen LogP contribution in [0.15, 0.2) is 36.4 Å². The van der Waals surface area contributed by atoms with Crippen molar-refractivity contribution in [3.8, 4) is 5.75 Å². The molecule has 190 valence electrons. The normalized spacial score (nSPS) is 16.5. The van der Waals surface area contributed by atoms with Crippen LogP contribution in [-0.4, -0.2) is 62.6 Å². The van der Waals surface area contributed by atoms with Crippen molar-refractivity contribution in [3.63, 3.8) is 0 Å². The number of ether oxygens (including phenoxy) is 1. The van der Waals surface area contributed by atoms with Crippen LogP contribution < -0.4 is 14.5 Å². The highest BCUT2D eigenvalue weighted by Crippen LogP contribution is 2.33. The Morgan fingerprint density at radius 2 is 1.66 bits per heavy atom. The molecule has 8 heteroatoms. The Labute approximate surface area is 223 Å². The van der Waals surface area contributed by atoms with Crippen LogP contribution in [0.25, 0.3) is 0 Å². The number of hydrogen-bond acceptors (Lipinski definition) is 4. The fourth-order valence-corrected chi connectivity index (χ4v) is 5.40. The summed E-state index contributed by atoms with van der Waals surface area (Å²) in [7, 11) is 0. The maximum atomic E-state index is 12.5. The number of piperazine rings is 1. The van der Waals surface area contributed by atoms with Crippen molar-refractivity contribution in [2.24, 2.45) is 0 Å². The van der Waals surface area contributed by atoms with Crippen molar-refractivity contribution < 1.29 is 9.53 Å². The van der Waals surface area contributed by atoms with Gasteiger partial charge in [-0.15, -0.1) is 11.6 Å². The molecule has 2 heterocycles. The highest BCUT2D eigenvalue weighted by atomic mass is 35.5. The van der Waals surface area contributed by atoms with Crippen molar-refractivity contribution in [2.75, 3.05) is 61.6 Å². The van der Waals surface area contributed by atoms with Gasteiger partial charge in [0.2, 0.25) is 5.91 Å². The molecule has 2 aromatic carbocycles. The zero-order valence-corrected chi connectivity index (χ0v) is 22.4. The van der Waals surface area contributed by atoms with Gasteiger partial charge in [0, 0.05) is 51.1 Å². The van der Waals surface area contributed by atoms with E-state index < -0.39 is 0 Å². The Morgan fingerprint density at radius 3 is 2.46 bits per heavy atom. The summed E-state index contributed by atoms with van der Waals surface area (Å²) in [6.45, 7) is 6.39. The molecule has 0 unspecified atom stereocenters. The van der Waals surface area contributed by atoms with E-state index in [1.165, 1.54) is 5.56 Å². The van der Waals surface area contributed by atoms with Gasteiger partial charge in [-0.2, -0.15) is 0 Å². The van der Waals surface area contributed by atoms with Gasteiger partial charge in [0.1, 0.15) is 5.75 Å². The zero-order chi connectivity index (χ0) is 24.6. The molecule has 1 amide bonds. The summed E-state index contributed by atoms with van der Waals surface area (Å²) in [6, 6.07) is 12.0. The number of halogens is 3. The maximum Gasteiger partial charge on any atom is 0.227 e. The molecule has 2 aliphatic rings. The second-order valence-electron chi connectivity index (χ2n) is 9.19. The first-order chi connectivity index (χ1) is 17.1. The minimum atomic E-state index is 0.196. The Hall–Kier alpha value is -1.66. The second kappa shape index (κ2) is 13.0. The third-order valence-corrected chi connectivity index (χ3v) is 7.88. The van der Waals surface area contributed by atoms with E-state index in [4.69, 9.17) is 39.5 Å². The quantitative estimate of drug-likeness (QED) is 0.249. The van der Waals surface area contributed by atoms with Crippen LogP contribution in [-0.2, 0) is 11.2 Å². The Bertz CT molecular complexity index is 996. The van der Waals surface area contributed by atoms with E-state index in [1.54, 1.807) is 0 Å². The van der Waals surface area contributed by atoms with Crippen LogP contribution >= 0.6 is 34.8 Å². The van der Waals surface area contributed by atoms with Gasteiger partial charge in [-0.05, 0) is 62.4 Å². The number of nitrogens with zero attached hydrogens (tertiary/aromatic N) is 3. The predicted octanol–water partition coefficient (Wildman–Crippen LogP) is 6.27. The van der Waals surface area contributed by atoms with E-state index in [-0.39, 0.29) is 5.91 Å². The molecule has 2 aromatic rings. The van der Waals surface area contributed by atoms with E-state index in [0.717, 1.165) is 88.5 Å². The van der Waals surface area contributed by atoms with E-state index >= 15 is 0 Å². The molecule has 4 rings (SSSR count). The largest absolute Gasteiger partial charge is 0.494 e. The number of carbonyl (C=O) groups is 1. The van der Waals surface area contributed by atoms with Crippen molar-refractivity contribution >= 4 is 52.1 Å². The molecule has 1 fully saturated rings. The minimum Gasteiger partial charge on any atom is -0.494 e. The van der Waals surface area contributed by atoms with Gasteiger partial charge in [-0.3, -0.25) is 9.69 Å². The molecule has 1 saturated heterocycles. The smallest absolute Gasteiger partial charge is 0.227 e. The van der Waals surface area contributed by atoms with E-state index in [1.807, 2.05) is 35.2 Å². The molecular formula is C27H34Cl3N3O2. The van der Waals surface area contributed by atoms with Crippen molar-refractivity contribution in [2.45, 2.75) is 38.5 Å². The summed E-state index contributed by atoms with van der Waals surface area (Å²) in [5.41, 5.74) is 3.25. The van der Waals surface area contributed by atoms with Gasteiger partial charge in [0.25, 0.3) is 0 Å². The monoisotopic (exact) mass is 537 g/mol. The molecule has 0 N–H and O–H groups in total. The van der Waals surface area contributed by atoms with Crippen LogP contribution in [0.4, 0.5) is 11.4 Å². The summed E-state index contributed by atoms with van der Waals surface area (Å²) in [4.78, 5) is 19.2. The molecule has 0 aromatic heterocycles. The first kappa shape index (κ1) is 26.4. The van der Waals surface area contributed by atoms with Crippen molar-refractivity contribution in [3.05, 3.63) is 52.0 Å². The average Bonchev–Trinajstić information content (AvgIpc) is 2.87. The molecule has 0 atom stereocenters. The van der Waals surface area contributed by atoms with Gasteiger partial charge in [0.05, 0.1) is 28.0 Å². The lowest BCUT2D eigenvalue weighted by atomic mass is 10.0. The van der Waals surface area contributed by atoms with Crippen LogP contribution in [0.5, 0.6) is 5.75 Å². The lowest BCUT2D eigenvalue weighted by Gasteiger charge is -2.36. The molecule has 0 aliphatic carbocycles. The van der Waals surface area contributed by atoms with E-state index in [9.17, 15) is 4.79 Å². The van der Waals surface area contributed by atoms with Gasteiger partial charge >= 0.3 is 0 Å². The Morgan fingerprint density at radius 1 is 0.857 bits per heavy atom. The first-order valence-corrected chi connectivity index (χ1v) is 13.9. The minimum absolute atomic E-state index is 0.196. The molecule has 0 bridgehead atoms.